The number of benzene rings is 2. The van der Waals surface area contributed by atoms with Crippen molar-refractivity contribution in [2.24, 2.45) is 5.92 Å². The van der Waals surface area contributed by atoms with Gasteiger partial charge in [0.25, 0.3) is 0 Å². The lowest BCUT2D eigenvalue weighted by Crippen LogP contribution is -2.21. The monoisotopic (exact) mass is 347 g/mol. The molecule has 0 aliphatic heterocycles. The lowest BCUT2D eigenvalue weighted by molar-refractivity contribution is 0.232. The van der Waals surface area contributed by atoms with Gasteiger partial charge in [0.1, 0.15) is 23.5 Å². The molecule has 7 heteroatoms. The van der Waals surface area contributed by atoms with E-state index >= 15 is 0 Å². The molecule has 4 nitrogen and oxygen atoms in total. The fraction of sp³-hybridized carbons (Fsp3) is 0.222. The zero-order valence-corrected chi connectivity index (χ0v) is 13.2. The highest BCUT2D eigenvalue weighted by Crippen LogP contribution is 2.22. The van der Waals surface area contributed by atoms with Gasteiger partial charge in [-0.3, -0.25) is 0 Å². The lowest BCUT2D eigenvalue weighted by atomic mass is 10.00. The van der Waals surface area contributed by atoms with Crippen molar-refractivity contribution in [2.75, 3.05) is 18.5 Å². The number of aliphatic hydroxyl groups excluding tert-OH is 1. The summed E-state index contributed by atoms with van der Waals surface area (Å²) in [6, 6.07) is 8.25. The van der Waals surface area contributed by atoms with Crippen LogP contribution in [0.3, 0.4) is 0 Å². The molecule has 1 heterocycles. The summed E-state index contributed by atoms with van der Waals surface area (Å²) in [5, 5.41) is 13.1. The molecule has 1 atom stereocenters. The topological polar surface area (TPSA) is 58.0 Å². The first-order valence-electron chi connectivity index (χ1n) is 7.76. The smallest absolute Gasteiger partial charge is 0.159 e. The highest BCUT2D eigenvalue weighted by atomic mass is 19.2. The van der Waals surface area contributed by atoms with Crippen LogP contribution < -0.4 is 5.32 Å². The van der Waals surface area contributed by atoms with Gasteiger partial charge in [0, 0.05) is 24.5 Å². The van der Waals surface area contributed by atoms with Crippen LogP contribution in [0.1, 0.15) is 5.56 Å². The van der Waals surface area contributed by atoms with E-state index in [0.29, 0.717) is 29.7 Å². The minimum absolute atomic E-state index is 0.149. The largest absolute Gasteiger partial charge is 0.396 e. The van der Waals surface area contributed by atoms with Gasteiger partial charge in [-0.1, -0.05) is 12.1 Å². The summed E-state index contributed by atoms with van der Waals surface area (Å²) in [6.45, 7) is 0.182. The van der Waals surface area contributed by atoms with Crippen LogP contribution in [0.5, 0.6) is 0 Å². The number of aliphatic hydroxyl groups is 1. The molecule has 2 aromatic carbocycles. The van der Waals surface area contributed by atoms with Crippen LogP contribution in [0.25, 0.3) is 10.9 Å². The van der Waals surface area contributed by atoms with E-state index in [1.807, 2.05) is 0 Å². The van der Waals surface area contributed by atoms with Gasteiger partial charge in [-0.15, -0.1) is 0 Å². The second-order valence-corrected chi connectivity index (χ2v) is 5.74. The molecule has 1 aromatic heterocycles. The number of hydrogen-bond acceptors (Lipinski definition) is 4. The molecule has 3 rings (SSSR count). The fourth-order valence-electron chi connectivity index (χ4n) is 2.63. The number of para-hydroxylation sites is 1. The number of halogens is 3. The van der Waals surface area contributed by atoms with E-state index in [4.69, 9.17) is 0 Å². The lowest BCUT2D eigenvalue weighted by Gasteiger charge is -2.16. The second-order valence-electron chi connectivity index (χ2n) is 5.74. The molecule has 0 aliphatic carbocycles. The Morgan fingerprint density at radius 2 is 1.84 bits per heavy atom. The maximum absolute atomic E-state index is 13.8. The van der Waals surface area contributed by atoms with Gasteiger partial charge in [-0.2, -0.15) is 0 Å². The molecule has 2 N–H and O–H groups in total. The van der Waals surface area contributed by atoms with Gasteiger partial charge in [-0.25, -0.2) is 23.1 Å². The number of nitrogens with zero attached hydrogens (tertiary/aromatic N) is 2. The van der Waals surface area contributed by atoms with Gasteiger partial charge in [0.2, 0.25) is 0 Å². The quantitative estimate of drug-likeness (QED) is 0.718. The zero-order chi connectivity index (χ0) is 17.8. The van der Waals surface area contributed by atoms with E-state index in [9.17, 15) is 18.3 Å². The Kier molecular flexibility index (Phi) is 5.14. The summed E-state index contributed by atoms with van der Waals surface area (Å²) in [4.78, 5) is 8.03. The van der Waals surface area contributed by atoms with Crippen LogP contribution in [-0.4, -0.2) is 28.2 Å². The predicted octanol–water partition coefficient (Wildman–Crippen LogP) is 3.31. The second kappa shape index (κ2) is 7.48. The summed E-state index contributed by atoms with van der Waals surface area (Å²) in [6.07, 6.45) is 1.62. The first kappa shape index (κ1) is 17.2. The highest BCUT2D eigenvalue weighted by Gasteiger charge is 2.13. The van der Waals surface area contributed by atoms with Gasteiger partial charge < -0.3 is 10.4 Å². The normalized spacial score (nSPS) is 12.3. The maximum Gasteiger partial charge on any atom is 0.159 e. The number of nitrogens with one attached hydrogen (secondary N) is 1. The molecule has 3 aromatic rings. The number of anilines is 1. The first-order valence-corrected chi connectivity index (χ1v) is 7.76. The molecule has 0 spiro atoms. The molecule has 0 saturated heterocycles. The van der Waals surface area contributed by atoms with E-state index in [0.717, 1.165) is 12.1 Å². The number of rotatable bonds is 6. The van der Waals surface area contributed by atoms with Crippen molar-refractivity contribution in [1.82, 2.24) is 9.97 Å². The highest BCUT2D eigenvalue weighted by molar-refractivity contribution is 5.89. The molecular weight excluding hydrogens is 331 g/mol. The van der Waals surface area contributed by atoms with Crippen LogP contribution in [0.15, 0.2) is 42.7 Å². The number of hydrogen-bond donors (Lipinski definition) is 2. The van der Waals surface area contributed by atoms with Gasteiger partial charge in [0.05, 0.1) is 0 Å². The maximum atomic E-state index is 13.8. The molecule has 25 heavy (non-hydrogen) atoms. The minimum atomic E-state index is -0.917. The third-order valence-corrected chi connectivity index (χ3v) is 3.94. The first-order chi connectivity index (χ1) is 12.1. The number of fused-ring (bicyclic) bond motifs is 1. The fourth-order valence-corrected chi connectivity index (χ4v) is 2.63. The summed E-state index contributed by atoms with van der Waals surface area (Å²) in [7, 11) is 0. The minimum Gasteiger partial charge on any atom is -0.396 e. The van der Waals surface area contributed by atoms with Gasteiger partial charge >= 0.3 is 0 Å². The van der Waals surface area contributed by atoms with Crippen LogP contribution in [-0.2, 0) is 6.42 Å². The Hall–Kier alpha value is -2.67. The van der Waals surface area contributed by atoms with E-state index in [2.05, 4.69) is 15.3 Å². The van der Waals surface area contributed by atoms with E-state index in [1.165, 1.54) is 18.5 Å². The van der Waals surface area contributed by atoms with Crippen molar-refractivity contribution in [3.05, 3.63) is 65.7 Å². The van der Waals surface area contributed by atoms with Crippen LogP contribution in [0.2, 0.25) is 0 Å². The molecule has 0 aliphatic rings. The van der Waals surface area contributed by atoms with Crippen LogP contribution in [0, 0.1) is 23.4 Å². The average molecular weight is 347 g/mol. The Bertz CT molecular complexity index is 889. The predicted molar refractivity (Wildman–Crippen MR) is 88.6 cm³/mol. The van der Waals surface area contributed by atoms with Crippen molar-refractivity contribution < 1.29 is 18.3 Å². The SMILES string of the molecule is OCC(CNc1ncnc2c(F)cccc12)Cc1ccc(F)c(F)c1. The molecule has 0 radical (unpaired) electrons. The van der Waals surface area contributed by atoms with Gasteiger partial charge in [-0.05, 0) is 36.2 Å². The molecule has 0 fully saturated rings. The Morgan fingerprint density at radius 3 is 2.60 bits per heavy atom. The van der Waals surface area contributed by atoms with Crippen molar-refractivity contribution in [3.8, 4) is 0 Å². The third kappa shape index (κ3) is 3.88. The van der Waals surface area contributed by atoms with Crippen molar-refractivity contribution in [3.63, 3.8) is 0 Å². The standard InChI is InChI=1S/C18H16F3N3O/c19-14-5-4-11(7-16(14)21)6-12(9-25)8-22-18-13-2-1-3-15(20)17(13)23-10-24-18/h1-5,7,10,12,25H,6,8-9H2,(H,22,23,24). The summed E-state index contributed by atoms with van der Waals surface area (Å²) >= 11 is 0. The molecule has 0 bridgehead atoms. The Morgan fingerprint density at radius 1 is 1.00 bits per heavy atom. The Labute approximate surface area is 142 Å². The zero-order valence-electron chi connectivity index (χ0n) is 13.2. The Balaban J connectivity index is 1.73. The summed E-state index contributed by atoms with van der Waals surface area (Å²) in [5.41, 5.74) is 0.791. The molecule has 1 unspecified atom stereocenters. The molecule has 130 valence electrons. The van der Waals surface area contributed by atoms with E-state index in [-0.39, 0.29) is 18.0 Å². The van der Waals surface area contributed by atoms with Crippen LogP contribution >= 0.6 is 0 Å². The van der Waals surface area contributed by atoms with E-state index in [1.54, 1.807) is 12.1 Å². The molecule has 0 amide bonds. The van der Waals surface area contributed by atoms with Gasteiger partial charge in [0.15, 0.2) is 11.6 Å². The summed E-state index contributed by atoms with van der Waals surface area (Å²) < 4.78 is 40.0. The average Bonchev–Trinajstić information content (AvgIpc) is 2.62. The van der Waals surface area contributed by atoms with Crippen molar-refractivity contribution in [2.45, 2.75) is 6.42 Å². The number of aromatic nitrogens is 2. The van der Waals surface area contributed by atoms with Crippen LogP contribution in [0.4, 0.5) is 19.0 Å². The molecular formula is C18H16F3N3O. The molecule has 0 saturated carbocycles. The summed E-state index contributed by atoms with van der Waals surface area (Å²) in [5.74, 6) is -2.06. The van der Waals surface area contributed by atoms with E-state index < -0.39 is 17.5 Å². The van der Waals surface area contributed by atoms with Crippen molar-refractivity contribution >= 4 is 16.7 Å². The third-order valence-electron chi connectivity index (χ3n) is 3.94. The van der Waals surface area contributed by atoms with Crippen molar-refractivity contribution in [1.29, 1.82) is 0 Å².